The lowest BCUT2D eigenvalue weighted by atomic mass is 10.1. The average molecular weight is 262 g/mol. The van der Waals surface area contributed by atoms with E-state index in [1.54, 1.807) is 6.26 Å². The van der Waals surface area contributed by atoms with Crippen LogP contribution in [0, 0.1) is 0 Å². The number of hydrogen-bond donors (Lipinski definition) is 0. The van der Waals surface area contributed by atoms with Crippen molar-refractivity contribution in [3.63, 3.8) is 0 Å². The number of rotatable bonds is 1. The third-order valence-corrected chi connectivity index (χ3v) is 3.42. The SMILES string of the molecule is O=c1oc2c(ccc3occc32)cc1-c1ccccc1. The molecule has 0 aliphatic heterocycles. The van der Waals surface area contributed by atoms with Gasteiger partial charge in [-0.2, -0.15) is 0 Å². The van der Waals surface area contributed by atoms with Gasteiger partial charge in [0.1, 0.15) is 11.2 Å². The Kier molecular flexibility index (Phi) is 2.27. The van der Waals surface area contributed by atoms with E-state index in [-0.39, 0.29) is 5.63 Å². The highest BCUT2D eigenvalue weighted by Crippen LogP contribution is 2.27. The molecule has 0 fully saturated rings. The zero-order valence-corrected chi connectivity index (χ0v) is 10.5. The van der Waals surface area contributed by atoms with Crippen molar-refractivity contribution in [2.45, 2.75) is 0 Å². The van der Waals surface area contributed by atoms with Crippen LogP contribution in [0.25, 0.3) is 33.1 Å². The van der Waals surface area contributed by atoms with E-state index in [2.05, 4.69) is 0 Å². The summed E-state index contributed by atoms with van der Waals surface area (Å²) in [4.78, 5) is 12.2. The van der Waals surface area contributed by atoms with Gasteiger partial charge in [-0.3, -0.25) is 0 Å². The molecular formula is C17H10O3. The van der Waals surface area contributed by atoms with Crippen LogP contribution < -0.4 is 5.63 Å². The van der Waals surface area contributed by atoms with Gasteiger partial charge in [-0.25, -0.2) is 4.79 Å². The van der Waals surface area contributed by atoms with Crippen LogP contribution in [0.15, 0.2) is 74.5 Å². The number of furan rings is 1. The molecule has 0 bridgehead atoms. The standard InChI is InChI=1S/C17H10O3/c18-17-14(11-4-2-1-3-5-11)10-12-6-7-15-13(8-9-19-15)16(12)20-17/h1-10H. The summed E-state index contributed by atoms with van der Waals surface area (Å²) in [5.74, 6) is 0. The highest BCUT2D eigenvalue weighted by Gasteiger charge is 2.10. The zero-order valence-electron chi connectivity index (χ0n) is 10.5. The van der Waals surface area contributed by atoms with Crippen molar-refractivity contribution in [3.05, 3.63) is 71.3 Å². The minimum atomic E-state index is -0.336. The van der Waals surface area contributed by atoms with Crippen LogP contribution in [-0.2, 0) is 0 Å². The predicted molar refractivity (Wildman–Crippen MR) is 77.7 cm³/mol. The average Bonchev–Trinajstić information content (AvgIpc) is 2.96. The first-order valence-electron chi connectivity index (χ1n) is 6.32. The molecule has 0 saturated carbocycles. The molecule has 96 valence electrons. The van der Waals surface area contributed by atoms with E-state index in [0.29, 0.717) is 16.7 Å². The monoisotopic (exact) mass is 262 g/mol. The Morgan fingerprint density at radius 1 is 0.900 bits per heavy atom. The zero-order chi connectivity index (χ0) is 13.5. The summed E-state index contributed by atoms with van der Waals surface area (Å²) in [6, 6.07) is 17.0. The Bertz CT molecular complexity index is 962. The molecule has 4 aromatic rings. The van der Waals surface area contributed by atoms with Gasteiger partial charge < -0.3 is 8.83 Å². The van der Waals surface area contributed by atoms with Crippen molar-refractivity contribution >= 4 is 21.9 Å². The van der Waals surface area contributed by atoms with Gasteiger partial charge in [-0.05, 0) is 29.8 Å². The molecule has 4 rings (SSSR count). The van der Waals surface area contributed by atoms with Crippen LogP contribution in [0.4, 0.5) is 0 Å². The smallest absolute Gasteiger partial charge is 0.344 e. The Morgan fingerprint density at radius 3 is 2.60 bits per heavy atom. The normalized spacial score (nSPS) is 11.2. The Morgan fingerprint density at radius 2 is 1.75 bits per heavy atom. The quantitative estimate of drug-likeness (QED) is 0.483. The number of fused-ring (bicyclic) bond motifs is 3. The van der Waals surface area contributed by atoms with E-state index < -0.39 is 0 Å². The molecule has 0 atom stereocenters. The maximum atomic E-state index is 12.2. The molecule has 3 nitrogen and oxygen atoms in total. The molecule has 0 N–H and O–H groups in total. The molecule has 2 aromatic heterocycles. The fraction of sp³-hybridized carbons (Fsp3) is 0. The fourth-order valence-electron chi connectivity index (χ4n) is 2.44. The van der Waals surface area contributed by atoms with Crippen LogP contribution in [-0.4, -0.2) is 0 Å². The van der Waals surface area contributed by atoms with Crippen LogP contribution in [0.2, 0.25) is 0 Å². The van der Waals surface area contributed by atoms with Gasteiger partial charge in [-0.15, -0.1) is 0 Å². The lowest BCUT2D eigenvalue weighted by Crippen LogP contribution is -2.02. The van der Waals surface area contributed by atoms with E-state index in [0.717, 1.165) is 16.3 Å². The number of benzene rings is 2. The second-order valence-corrected chi connectivity index (χ2v) is 4.63. The minimum Gasteiger partial charge on any atom is -0.464 e. The second kappa shape index (κ2) is 4.10. The summed E-state index contributed by atoms with van der Waals surface area (Å²) in [6.45, 7) is 0. The molecule has 0 unspecified atom stereocenters. The molecule has 0 spiro atoms. The van der Waals surface area contributed by atoms with Crippen LogP contribution in [0.3, 0.4) is 0 Å². The first kappa shape index (κ1) is 11.1. The Balaban J connectivity index is 2.08. The summed E-state index contributed by atoms with van der Waals surface area (Å²) >= 11 is 0. The van der Waals surface area contributed by atoms with Crippen molar-refractivity contribution in [3.8, 4) is 11.1 Å². The first-order valence-corrected chi connectivity index (χ1v) is 6.32. The van der Waals surface area contributed by atoms with E-state index in [9.17, 15) is 4.79 Å². The Hall–Kier alpha value is -2.81. The molecule has 0 aliphatic rings. The molecule has 0 saturated heterocycles. The summed E-state index contributed by atoms with van der Waals surface area (Å²) in [5.41, 5.74) is 2.38. The van der Waals surface area contributed by atoms with E-state index in [1.807, 2.05) is 54.6 Å². The van der Waals surface area contributed by atoms with Crippen LogP contribution >= 0.6 is 0 Å². The van der Waals surface area contributed by atoms with Crippen LogP contribution in [0.5, 0.6) is 0 Å². The highest BCUT2D eigenvalue weighted by molar-refractivity contribution is 6.02. The van der Waals surface area contributed by atoms with Crippen molar-refractivity contribution in [1.29, 1.82) is 0 Å². The summed E-state index contributed by atoms with van der Waals surface area (Å²) < 4.78 is 10.8. The van der Waals surface area contributed by atoms with Gasteiger partial charge in [0, 0.05) is 5.39 Å². The predicted octanol–water partition coefficient (Wildman–Crippen LogP) is 4.21. The van der Waals surface area contributed by atoms with E-state index in [1.165, 1.54) is 0 Å². The highest BCUT2D eigenvalue weighted by atomic mass is 16.4. The van der Waals surface area contributed by atoms with Crippen molar-refractivity contribution in [2.24, 2.45) is 0 Å². The van der Waals surface area contributed by atoms with Gasteiger partial charge in [-0.1, -0.05) is 30.3 Å². The van der Waals surface area contributed by atoms with Crippen LogP contribution in [0.1, 0.15) is 0 Å². The molecule has 2 heterocycles. The molecule has 20 heavy (non-hydrogen) atoms. The van der Waals surface area contributed by atoms with Crippen molar-refractivity contribution in [2.75, 3.05) is 0 Å². The van der Waals surface area contributed by atoms with Gasteiger partial charge in [0.05, 0.1) is 17.2 Å². The molecule has 3 heteroatoms. The van der Waals surface area contributed by atoms with Gasteiger partial charge >= 0.3 is 5.63 Å². The molecule has 0 aliphatic carbocycles. The summed E-state index contributed by atoms with van der Waals surface area (Å²) in [6.07, 6.45) is 1.59. The van der Waals surface area contributed by atoms with Gasteiger partial charge in [0.2, 0.25) is 0 Å². The lowest BCUT2D eigenvalue weighted by Gasteiger charge is -2.02. The maximum Gasteiger partial charge on any atom is 0.344 e. The first-order chi connectivity index (χ1) is 9.83. The van der Waals surface area contributed by atoms with Crippen molar-refractivity contribution < 1.29 is 8.83 Å². The number of hydrogen-bond acceptors (Lipinski definition) is 3. The topological polar surface area (TPSA) is 43.4 Å². The third-order valence-electron chi connectivity index (χ3n) is 3.42. The Labute approximate surface area is 114 Å². The van der Waals surface area contributed by atoms with Gasteiger partial charge in [0.25, 0.3) is 0 Å². The molecular weight excluding hydrogens is 252 g/mol. The molecule has 2 aromatic carbocycles. The minimum absolute atomic E-state index is 0.336. The third kappa shape index (κ3) is 1.57. The summed E-state index contributed by atoms with van der Waals surface area (Å²) in [5, 5.41) is 1.71. The molecule has 0 radical (unpaired) electrons. The van der Waals surface area contributed by atoms with E-state index >= 15 is 0 Å². The molecule has 0 amide bonds. The fourth-order valence-corrected chi connectivity index (χ4v) is 2.44. The largest absolute Gasteiger partial charge is 0.464 e. The lowest BCUT2D eigenvalue weighted by molar-refractivity contribution is 0.566. The maximum absolute atomic E-state index is 12.2. The van der Waals surface area contributed by atoms with Gasteiger partial charge in [0.15, 0.2) is 0 Å². The second-order valence-electron chi connectivity index (χ2n) is 4.63. The summed E-state index contributed by atoms with van der Waals surface area (Å²) in [7, 11) is 0. The van der Waals surface area contributed by atoms with Crippen molar-refractivity contribution in [1.82, 2.24) is 0 Å². The van der Waals surface area contributed by atoms with E-state index in [4.69, 9.17) is 8.83 Å².